The van der Waals surface area contributed by atoms with Crippen LogP contribution in [-0.2, 0) is 16.0 Å². The van der Waals surface area contributed by atoms with Gasteiger partial charge in [0.15, 0.2) is 0 Å². The lowest BCUT2D eigenvalue weighted by Crippen LogP contribution is -2.24. The second kappa shape index (κ2) is 5.90. The van der Waals surface area contributed by atoms with Gasteiger partial charge < -0.3 is 10.1 Å². The number of halogens is 1. The summed E-state index contributed by atoms with van der Waals surface area (Å²) in [6, 6.07) is 14.9. The van der Waals surface area contributed by atoms with E-state index in [1.54, 1.807) is 0 Å². The number of anilines is 1. The Morgan fingerprint density at radius 2 is 2.00 bits per heavy atom. The largest absolute Gasteiger partial charge is 0.468 e. The zero-order valence-corrected chi connectivity index (χ0v) is 13.3. The van der Waals surface area contributed by atoms with Crippen LogP contribution in [0.1, 0.15) is 11.1 Å². The number of fused-ring (bicyclic) bond motifs is 3. The Morgan fingerprint density at radius 3 is 2.81 bits per heavy atom. The first-order chi connectivity index (χ1) is 10.2. The maximum atomic E-state index is 11.4. The van der Waals surface area contributed by atoms with Crippen LogP contribution < -0.4 is 5.32 Å². The van der Waals surface area contributed by atoms with Gasteiger partial charge in [0.1, 0.15) is 4.83 Å². The van der Waals surface area contributed by atoms with E-state index in [1.807, 2.05) is 0 Å². The molecule has 0 fully saturated rings. The number of rotatable bonds is 4. The smallest absolute Gasteiger partial charge is 0.321 e. The van der Waals surface area contributed by atoms with E-state index in [4.69, 9.17) is 4.74 Å². The fraction of sp³-hybridized carbons (Fsp3) is 0.235. The van der Waals surface area contributed by atoms with Gasteiger partial charge in [-0.2, -0.15) is 0 Å². The molecule has 0 saturated heterocycles. The molecule has 3 rings (SSSR count). The summed E-state index contributed by atoms with van der Waals surface area (Å²) >= 11 is 3.31. The van der Waals surface area contributed by atoms with Crippen LogP contribution in [0, 0.1) is 0 Å². The van der Waals surface area contributed by atoms with Gasteiger partial charge in [-0.15, -0.1) is 0 Å². The Morgan fingerprint density at radius 1 is 1.24 bits per heavy atom. The van der Waals surface area contributed by atoms with E-state index in [9.17, 15) is 4.79 Å². The molecule has 2 aromatic carbocycles. The zero-order chi connectivity index (χ0) is 14.8. The molecule has 3 nitrogen and oxygen atoms in total. The summed E-state index contributed by atoms with van der Waals surface area (Å²) in [7, 11) is 1.39. The van der Waals surface area contributed by atoms with Crippen molar-refractivity contribution < 1.29 is 9.53 Å². The summed E-state index contributed by atoms with van der Waals surface area (Å²) in [5, 5.41) is 3.27. The van der Waals surface area contributed by atoms with Gasteiger partial charge in [0.05, 0.1) is 7.11 Å². The predicted molar refractivity (Wildman–Crippen MR) is 87.9 cm³/mol. The van der Waals surface area contributed by atoms with E-state index in [1.165, 1.54) is 29.4 Å². The van der Waals surface area contributed by atoms with Crippen molar-refractivity contribution in [1.82, 2.24) is 0 Å². The SMILES string of the molecule is COC(=O)C(Br)CNc1ccc2c(c1)Cc1ccccc1-2. The van der Waals surface area contributed by atoms with E-state index in [0.29, 0.717) is 6.54 Å². The molecule has 1 aliphatic rings. The van der Waals surface area contributed by atoms with Crippen molar-refractivity contribution in [3.63, 3.8) is 0 Å². The molecule has 1 N–H and O–H groups in total. The summed E-state index contributed by atoms with van der Waals surface area (Å²) in [5.41, 5.74) is 6.35. The van der Waals surface area contributed by atoms with Gasteiger partial charge in [0.2, 0.25) is 0 Å². The molecule has 0 aliphatic heterocycles. The van der Waals surface area contributed by atoms with Crippen molar-refractivity contribution in [3.8, 4) is 11.1 Å². The van der Waals surface area contributed by atoms with Crippen molar-refractivity contribution in [2.75, 3.05) is 19.0 Å². The van der Waals surface area contributed by atoms with Crippen molar-refractivity contribution >= 4 is 27.6 Å². The first-order valence-electron chi connectivity index (χ1n) is 6.86. The minimum atomic E-state index is -0.340. The van der Waals surface area contributed by atoms with Gasteiger partial charge in [0.25, 0.3) is 0 Å². The molecule has 0 bridgehead atoms. The molecule has 0 radical (unpaired) electrons. The number of esters is 1. The minimum Gasteiger partial charge on any atom is -0.468 e. The minimum absolute atomic E-state index is 0.268. The third-order valence-electron chi connectivity index (χ3n) is 3.74. The van der Waals surface area contributed by atoms with Crippen LogP contribution in [0.5, 0.6) is 0 Å². The molecule has 108 valence electrons. The number of ether oxygens (including phenoxy) is 1. The Kier molecular flexibility index (Phi) is 3.97. The monoisotopic (exact) mass is 345 g/mol. The predicted octanol–water partition coefficient (Wildman–Crippen LogP) is 3.61. The zero-order valence-electron chi connectivity index (χ0n) is 11.7. The lowest BCUT2D eigenvalue weighted by Gasteiger charge is -2.11. The van der Waals surface area contributed by atoms with Gasteiger partial charge in [0, 0.05) is 12.2 Å². The molecule has 1 unspecified atom stereocenters. The number of carbonyl (C=O) groups excluding carboxylic acids is 1. The molecule has 1 atom stereocenters. The normalized spacial score (nSPS) is 13.2. The maximum absolute atomic E-state index is 11.4. The summed E-state index contributed by atoms with van der Waals surface area (Å²) in [4.78, 5) is 11.0. The molecule has 0 spiro atoms. The number of methoxy groups -OCH3 is 1. The third kappa shape index (κ3) is 2.81. The standard InChI is InChI=1S/C17H16BrNO2/c1-21-17(20)16(18)10-19-13-6-7-15-12(9-13)8-11-4-2-3-5-14(11)15/h2-7,9,16,19H,8,10H2,1H3. The molecule has 2 aromatic rings. The summed E-state index contributed by atoms with van der Waals surface area (Å²) in [6.07, 6.45) is 0.968. The summed E-state index contributed by atoms with van der Waals surface area (Å²) < 4.78 is 4.69. The molecule has 0 aromatic heterocycles. The van der Waals surface area contributed by atoms with Crippen LogP contribution in [0.2, 0.25) is 0 Å². The number of hydrogen-bond donors (Lipinski definition) is 1. The fourth-order valence-corrected chi connectivity index (χ4v) is 3.02. The number of carbonyl (C=O) groups is 1. The van der Waals surface area contributed by atoms with Gasteiger partial charge in [-0.1, -0.05) is 46.3 Å². The Balaban J connectivity index is 1.74. The maximum Gasteiger partial charge on any atom is 0.321 e. The average Bonchev–Trinajstić information content (AvgIpc) is 2.89. The average molecular weight is 346 g/mol. The van der Waals surface area contributed by atoms with Crippen molar-refractivity contribution in [3.05, 3.63) is 53.6 Å². The van der Waals surface area contributed by atoms with Crippen LogP contribution in [0.3, 0.4) is 0 Å². The summed E-state index contributed by atoms with van der Waals surface area (Å²) in [6.45, 7) is 0.498. The number of nitrogens with one attached hydrogen (secondary N) is 1. The number of benzene rings is 2. The van der Waals surface area contributed by atoms with Crippen LogP contribution in [0.25, 0.3) is 11.1 Å². The highest BCUT2D eigenvalue weighted by Gasteiger charge is 2.18. The Labute approximate surface area is 132 Å². The second-order valence-electron chi connectivity index (χ2n) is 5.08. The van der Waals surface area contributed by atoms with Crippen LogP contribution >= 0.6 is 15.9 Å². The van der Waals surface area contributed by atoms with E-state index < -0.39 is 0 Å². The van der Waals surface area contributed by atoms with Crippen LogP contribution in [-0.4, -0.2) is 24.5 Å². The molecular weight excluding hydrogens is 330 g/mol. The van der Waals surface area contributed by atoms with E-state index in [-0.39, 0.29) is 10.8 Å². The Hall–Kier alpha value is -1.81. The summed E-state index contributed by atoms with van der Waals surface area (Å²) in [5.74, 6) is -0.268. The highest BCUT2D eigenvalue weighted by molar-refractivity contribution is 9.10. The van der Waals surface area contributed by atoms with Gasteiger partial charge >= 0.3 is 5.97 Å². The quantitative estimate of drug-likeness (QED) is 0.579. The first-order valence-corrected chi connectivity index (χ1v) is 7.77. The van der Waals surface area contributed by atoms with Crippen LogP contribution in [0.4, 0.5) is 5.69 Å². The van der Waals surface area contributed by atoms with Crippen molar-refractivity contribution in [1.29, 1.82) is 0 Å². The topological polar surface area (TPSA) is 38.3 Å². The van der Waals surface area contributed by atoms with Gasteiger partial charge in [-0.05, 0) is 40.8 Å². The second-order valence-corrected chi connectivity index (χ2v) is 6.18. The molecular formula is C17H16BrNO2. The van der Waals surface area contributed by atoms with E-state index >= 15 is 0 Å². The highest BCUT2D eigenvalue weighted by Crippen LogP contribution is 2.37. The number of hydrogen-bond acceptors (Lipinski definition) is 3. The van der Waals surface area contributed by atoms with Gasteiger partial charge in [-0.25, -0.2) is 0 Å². The molecule has 0 amide bonds. The molecule has 4 heteroatoms. The highest BCUT2D eigenvalue weighted by atomic mass is 79.9. The fourth-order valence-electron chi connectivity index (χ4n) is 2.67. The molecule has 1 aliphatic carbocycles. The lowest BCUT2D eigenvalue weighted by molar-refractivity contribution is -0.139. The molecule has 0 saturated carbocycles. The lowest BCUT2D eigenvalue weighted by atomic mass is 10.1. The third-order valence-corrected chi connectivity index (χ3v) is 4.43. The van der Waals surface area contributed by atoms with E-state index in [2.05, 4.69) is 63.7 Å². The number of alkyl halides is 1. The van der Waals surface area contributed by atoms with Crippen molar-refractivity contribution in [2.45, 2.75) is 11.2 Å². The Bertz CT molecular complexity index is 684. The van der Waals surface area contributed by atoms with Crippen LogP contribution in [0.15, 0.2) is 42.5 Å². The van der Waals surface area contributed by atoms with E-state index in [0.717, 1.165) is 12.1 Å². The van der Waals surface area contributed by atoms with Gasteiger partial charge in [-0.3, -0.25) is 4.79 Å². The first kappa shape index (κ1) is 14.1. The van der Waals surface area contributed by atoms with Crippen molar-refractivity contribution in [2.24, 2.45) is 0 Å². The molecule has 21 heavy (non-hydrogen) atoms. The molecule has 0 heterocycles.